The molecule has 0 fully saturated rings. The molecule has 126 valence electrons. The monoisotopic (exact) mass is 332 g/mol. The highest BCUT2D eigenvalue weighted by molar-refractivity contribution is 5.90. The van der Waals surface area contributed by atoms with Crippen molar-refractivity contribution in [3.05, 3.63) is 83.9 Å². The fourth-order valence-corrected chi connectivity index (χ4v) is 3.42. The fraction of sp³-hybridized carbons (Fsp3) is 0.200. The van der Waals surface area contributed by atoms with Gasteiger partial charge in [-0.1, -0.05) is 12.1 Å². The number of amides is 2. The van der Waals surface area contributed by atoms with Crippen LogP contribution in [0.4, 0.5) is 10.5 Å². The lowest BCUT2D eigenvalue weighted by Crippen LogP contribution is -2.44. The van der Waals surface area contributed by atoms with Crippen LogP contribution in [0.3, 0.4) is 0 Å². The normalized spacial score (nSPS) is 16.4. The summed E-state index contributed by atoms with van der Waals surface area (Å²) >= 11 is 0. The highest BCUT2D eigenvalue weighted by Crippen LogP contribution is 2.32. The summed E-state index contributed by atoms with van der Waals surface area (Å²) < 4.78 is 2.21. The smallest absolute Gasteiger partial charge is 0.322 e. The summed E-state index contributed by atoms with van der Waals surface area (Å²) in [6, 6.07) is 15.7. The van der Waals surface area contributed by atoms with Crippen LogP contribution < -0.4 is 5.32 Å². The summed E-state index contributed by atoms with van der Waals surface area (Å²) in [5, 5.41) is 3.04. The van der Waals surface area contributed by atoms with Crippen LogP contribution in [0.5, 0.6) is 0 Å². The van der Waals surface area contributed by atoms with E-state index in [4.69, 9.17) is 0 Å². The van der Waals surface area contributed by atoms with Gasteiger partial charge >= 0.3 is 6.03 Å². The van der Waals surface area contributed by atoms with Gasteiger partial charge in [-0.05, 0) is 54.4 Å². The molecule has 1 aliphatic heterocycles. The molecular formula is C20H20N4O. The maximum atomic E-state index is 13.0. The van der Waals surface area contributed by atoms with E-state index in [0.717, 1.165) is 29.1 Å². The molecule has 4 rings (SSSR count). The number of urea groups is 1. The molecule has 1 atom stereocenters. The number of pyridine rings is 1. The van der Waals surface area contributed by atoms with E-state index >= 15 is 0 Å². The van der Waals surface area contributed by atoms with E-state index in [2.05, 4.69) is 27.1 Å². The first kappa shape index (κ1) is 15.4. The van der Waals surface area contributed by atoms with Crippen molar-refractivity contribution in [2.45, 2.75) is 19.5 Å². The lowest BCUT2D eigenvalue weighted by Gasteiger charge is -2.37. The molecule has 0 saturated heterocycles. The summed E-state index contributed by atoms with van der Waals surface area (Å²) in [5.41, 5.74) is 4.13. The summed E-state index contributed by atoms with van der Waals surface area (Å²) in [4.78, 5) is 19.0. The predicted octanol–water partition coefficient (Wildman–Crippen LogP) is 3.83. The molecule has 5 nitrogen and oxygen atoms in total. The molecule has 0 spiro atoms. The number of fused-ring (bicyclic) bond motifs is 1. The van der Waals surface area contributed by atoms with Gasteiger partial charge < -0.3 is 14.8 Å². The largest absolute Gasteiger partial charge is 0.348 e. The van der Waals surface area contributed by atoms with Gasteiger partial charge in [0.25, 0.3) is 0 Å². The predicted molar refractivity (Wildman–Crippen MR) is 97.4 cm³/mol. The Kier molecular flexibility index (Phi) is 3.98. The van der Waals surface area contributed by atoms with Crippen molar-refractivity contribution >= 4 is 11.7 Å². The second-order valence-corrected chi connectivity index (χ2v) is 6.30. The Morgan fingerprint density at radius 1 is 1.12 bits per heavy atom. The number of carbonyl (C=O) groups excluding carboxylic acids is 1. The molecule has 2 amide bonds. The molecule has 0 aliphatic carbocycles. The van der Waals surface area contributed by atoms with Crippen molar-refractivity contribution in [2.75, 3.05) is 11.9 Å². The van der Waals surface area contributed by atoms with E-state index < -0.39 is 0 Å². The third kappa shape index (κ3) is 3.01. The Balaban J connectivity index is 1.66. The Hall–Kier alpha value is -3.08. The topological polar surface area (TPSA) is 50.2 Å². The second-order valence-electron chi connectivity index (χ2n) is 6.30. The molecule has 0 saturated carbocycles. The van der Waals surface area contributed by atoms with Gasteiger partial charge in [0.2, 0.25) is 0 Å². The molecule has 3 heterocycles. The number of rotatable bonds is 2. The van der Waals surface area contributed by atoms with E-state index in [0.29, 0.717) is 6.54 Å². The average molecular weight is 332 g/mol. The zero-order valence-electron chi connectivity index (χ0n) is 14.1. The third-order valence-corrected chi connectivity index (χ3v) is 4.59. The molecule has 3 aromatic rings. The minimum Gasteiger partial charge on any atom is -0.348 e. The van der Waals surface area contributed by atoms with Crippen molar-refractivity contribution in [1.29, 1.82) is 0 Å². The summed E-state index contributed by atoms with van der Waals surface area (Å²) in [5.74, 6) is 0. The molecule has 0 radical (unpaired) electrons. The number of aryl methyl sites for hydroxylation is 1. The number of benzene rings is 1. The first-order valence-electron chi connectivity index (χ1n) is 8.41. The number of hydrogen-bond donors (Lipinski definition) is 1. The summed E-state index contributed by atoms with van der Waals surface area (Å²) in [7, 11) is 0. The van der Waals surface area contributed by atoms with Gasteiger partial charge in [0, 0.05) is 43.1 Å². The molecule has 25 heavy (non-hydrogen) atoms. The maximum absolute atomic E-state index is 13.0. The van der Waals surface area contributed by atoms with Crippen molar-refractivity contribution < 1.29 is 4.79 Å². The summed E-state index contributed by atoms with van der Waals surface area (Å²) in [6.07, 6.45) is 5.61. The van der Waals surface area contributed by atoms with Crippen LogP contribution in [0, 0.1) is 6.92 Å². The lowest BCUT2D eigenvalue weighted by molar-refractivity contribution is 0.182. The molecule has 2 aromatic heterocycles. The molecule has 0 bridgehead atoms. The summed E-state index contributed by atoms with van der Waals surface area (Å²) in [6.45, 7) is 3.47. The average Bonchev–Trinajstić information content (AvgIpc) is 3.10. The highest BCUT2D eigenvalue weighted by Gasteiger charge is 2.32. The van der Waals surface area contributed by atoms with Gasteiger partial charge in [-0.25, -0.2) is 4.79 Å². The van der Waals surface area contributed by atoms with E-state index in [1.165, 1.54) is 0 Å². The van der Waals surface area contributed by atoms with Gasteiger partial charge in [0.15, 0.2) is 0 Å². The molecule has 1 N–H and O–H groups in total. The van der Waals surface area contributed by atoms with Gasteiger partial charge in [-0.3, -0.25) is 4.98 Å². The number of hydrogen-bond acceptors (Lipinski definition) is 2. The van der Waals surface area contributed by atoms with Crippen LogP contribution in [0.25, 0.3) is 0 Å². The minimum absolute atomic E-state index is 0.0835. The highest BCUT2D eigenvalue weighted by atomic mass is 16.2. The van der Waals surface area contributed by atoms with Crippen LogP contribution in [0.1, 0.15) is 22.9 Å². The molecule has 1 aromatic carbocycles. The van der Waals surface area contributed by atoms with Crippen LogP contribution >= 0.6 is 0 Å². The molecule has 5 heteroatoms. The first-order valence-corrected chi connectivity index (χ1v) is 8.41. The maximum Gasteiger partial charge on any atom is 0.322 e. The zero-order valence-corrected chi connectivity index (χ0v) is 14.1. The third-order valence-electron chi connectivity index (χ3n) is 4.59. The SMILES string of the molecule is Cc1cccc(NC(=O)N2CCn3cccc3C2c2ccncc2)c1. The standard InChI is InChI=1S/C20H20N4O/c1-15-4-2-5-17(14-15)22-20(25)24-13-12-23-11-3-6-18(23)19(24)16-7-9-21-10-8-16/h2-11,14,19H,12-13H2,1H3,(H,22,25). The number of aromatic nitrogens is 2. The van der Waals surface area contributed by atoms with Crippen molar-refractivity contribution in [1.82, 2.24) is 14.5 Å². The number of nitrogens with zero attached hydrogens (tertiary/aromatic N) is 3. The van der Waals surface area contributed by atoms with Crippen LogP contribution in [-0.2, 0) is 6.54 Å². The molecular weight excluding hydrogens is 312 g/mol. The number of nitrogens with one attached hydrogen (secondary N) is 1. The molecule has 1 aliphatic rings. The molecule has 1 unspecified atom stereocenters. The number of anilines is 1. The Bertz CT molecular complexity index is 887. The second kappa shape index (κ2) is 6.43. The Labute approximate surface area is 146 Å². The van der Waals surface area contributed by atoms with Crippen LogP contribution in [-0.4, -0.2) is 27.0 Å². The first-order chi connectivity index (χ1) is 12.2. The zero-order chi connectivity index (χ0) is 17.2. The van der Waals surface area contributed by atoms with Gasteiger partial charge in [-0.2, -0.15) is 0 Å². The van der Waals surface area contributed by atoms with Gasteiger partial charge in [-0.15, -0.1) is 0 Å². The lowest BCUT2D eigenvalue weighted by atomic mass is 10.0. The van der Waals surface area contributed by atoms with E-state index in [9.17, 15) is 4.79 Å². The van der Waals surface area contributed by atoms with E-state index in [1.807, 2.05) is 54.3 Å². The van der Waals surface area contributed by atoms with Crippen molar-refractivity contribution in [3.8, 4) is 0 Å². The van der Waals surface area contributed by atoms with Crippen LogP contribution in [0.15, 0.2) is 67.1 Å². The van der Waals surface area contributed by atoms with E-state index in [-0.39, 0.29) is 12.1 Å². The Morgan fingerprint density at radius 2 is 1.96 bits per heavy atom. The quantitative estimate of drug-likeness (QED) is 0.775. The number of carbonyl (C=O) groups is 1. The van der Waals surface area contributed by atoms with Crippen LogP contribution in [0.2, 0.25) is 0 Å². The van der Waals surface area contributed by atoms with Crippen molar-refractivity contribution in [2.24, 2.45) is 0 Å². The van der Waals surface area contributed by atoms with Gasteiger partial charge in [0.05, 0.1) is 6.04 Å². The Morgan fingerprint density at radius 3 is 2.76 bits per heavy atom. The van der Waals surface area contributed by atoms with Gasteiger partial charge in [0.1, 0.15) is 0 Å². The van der Waals surface area contributed by atoms with Crippen molar-refractivity contribution in [3.63, 3.8) is 0 Å². The minimum atomic E-state index is -0.114. The fourth-order valence-electron chi connectivity index (χ4n) is 3.42. The van der Waals surface area contributed by atoms with E-state index in [1.54, 1.807) is 12.4 Å².